The molecule has 0 aliphatic rings. The van der Waals surface area contributed by atoms with Crippen LogP contribution in [0.1, 0.15) is 25.7 Å². The monoisotopic (exact) mass is 274 g/mol. The van der Waals surface area contributed by atoms with Gasteiger partial charge in [0, 0.05) is 16.9 Å². The van der Waals surface area contributed by atoms with Gasteiger partial charge >= 0.3 is 0 Å². The molecule has 0 saturated heterocycles. The lowest BCUT2D eigenvalue weighted by molar-refractivity contribution is -0.120. The van der Waals surface area contributed by atoms with Crippen molar-refractivity contribution in [1.29, 1.82) is 0 Å². The summed E-state index contributed by atoms with van der Waals surface area (Å²) in [5.74, 6) is 0.510. The molecule has 0 N–H and O–H groups in total. The van der Waals surface area contributed by atoms with E-state index in [0.29, 0.717) is 17.8 Å². The van der Waals surface area contributed by atoms with Crippen molar-refractivity contribution in [1.82, 2.24) is 0 Å². The van der Waals surface area contributed by atoms with Crippen LogP contribution in [0, 0.1) is 13.8 Å². The standard InChI is InChI=1S/C15H14O3S/c1-10-3-5-12(6-4-10)13(17)8-15-14(18-9-16)7-11(2)19-15/h3-7,9H,8H2,1-2H3. The van der Waals surface area contributed by atoms with E-state index < -0.39 is 0 Å². The van der Waals surface area contributed by atoms with Gasteiger partial charge in [-0.25, -0.2) is 0 Å². The molecule has 1 heterocycles. The summed E-state index contributed by atoms with van der Waals surface area (Å²) in [6.07, 6.45) is 0.255. The fourth-order valence-electron chi connectivity index (χ4n) is 1.80. The Balaban J connectivity index is 2.18. The van der Waals surface area contributed by atoms with Crippen molar-refractivity contribution in [2.45, 2.75) is 20.3 Å². The van der Waals surface area contributed by atoms with Gasteiger partial charge in [0.1, 0.15) is 5.75 Å². The van der Waals surface area contributed by atoms with Gasteiger partial charge in [-0.1, -0.05) is 29.8 Å². The van der Waals surface area contributed by atoms with E-state index in [1.807, 2.05) is 38.1 Å². The van der Waals surface area contributed by atoms with Crippen molar-refractivity contribution < 1.29 is 14.3 Å². The van der Waals surface area contributed by atoms with Gasteiger partial charge in [0.05, 0.1) is 4.88 Å². The minimum Gasteiger partial charge on any atom is -0.428 e. The maximum atomic E-state index is 12.2. The molecule has 4 heteroatoms. The summed E-state index contributed by atoms with van der Waals surface area (Å²) in [5.41, 5.74) is 1.79. The number of benzene rings is 1. The molecule has 0 spiro atoms. The van der Waals surface area contributed by atoms with E-state index in [0.717, 1.165) is 15.3 Å². The number of carbonyl (C=O) groups excluding carboxylic acids is 2. The third-order valence-corrected chi connectivity index (χ3v) is 3.79. The zero-order chi connectivity index (χ0) is 13.8. The predicted octanol–water partition coefficient (Wildman–Crippen LogP) is 3.33. The Morgan fingerprint density at radius 3 is 2.58 bits per heavy atom. The minimum atomic E-state index is 0.0256. The number of hydrogen-bond acceptors (Lipinski definition) is 4. The maximum Gasteiger partial charge on any atom is 0.298 e. The van der Waals surface area contributed by atoms with Crippen LogP contribution < -0.4 is 4.74 Å². The predicted molar refractivity (Wildman–Crippen MR) is 75.0 cm³/mol. The lowest BCUT2D eigenvalue weighted by atomic mass is 10.1. The molecular formula is C15H14O3S. The van der Waals surface area contributed by atoms with E-state index in [4.69, 9.17) is 4.74 Å². The van der Waals surface area contributed by atoms with Gasteiger partial charge in [0.25, 0.3) is 6.47 Å². The molecule has 19 heavy (non-hydrogen) atoms. The van der Waals surface area contributed by atoms with Crippen LogP contribution in [0.4, 0.5) is 0 Å². The number of aryl methyl sites for hydroxylation is 2. The summed E-state index contributed by atoms with van der Waals surface area (Å²) < 4.78 is 4.89. The Morgan fingerprint density at radius 2 is 1.95 bits per heavy atom. The molecule has 0 amide bonds. The Bertz CT molecular complexity index is 596. The molecule has 0 aliphatic heterocycles. The molecule has 0 bridgehead atoms. The second-order valence-corrected chi connectivity index (χ2v) is 5.67. The molecule has 2 rings (SSSR count). The highest BCUT2D eigenvalue weighted by Crippen LogP contribution is 2.29. The fourth-order valence-corrected chi connectivity index (χ4v) is 2.77. The molecule has 0 atom stereocenters. The second kappa shape index (κ2) is 5.80. The first-order valence-electron chi connectivity index (χ1n) is 5.89. The number of ketones is 1. The molecule has 2 aromatic rings. The van der Waals surface area contributed by atoms with Crippen LogP contribution >= 0.6 is 11.3 Å². The lowest BCUT2D eigenvalue weighted by Crippen LogP contribution is -2.03. The number of carbonyl (C=O) groups is 2. The number of hydrogen-bond donors (Lipinski definition) is 0. The molecular weight excluding hydrogens is 260 g/mol. The summed E-state index contributed by atoms with van der Waals surface area (Å²) in [7, 11) is 0. The summed E-state index contributed by atoms with van der Waals surface area (Å²) in [4.78, 5) is 24.4. The average Bonchev–Trinajstić information content (AvgIpc) is 2.71. The number of thiophene rings is 1. The molecule has 0 aliphatic carbocycles. The van der Waals surface area contributed by atoms with Crippen molar-refractivity contribution >= 4 is 23.6 Å². The van der Waals surface area contributed by atoms with Crippen LogP contribution in [0.3, 0.4) is 0 Å². The van der Waals surface area contributed by atoms with E-state index in [-0.39, 0.29) is 12.2 Å². The zero-order valence-corrected chi connectivity index (χ0v) is 11.6. The largest absolute Gasteiger partial charge is 0.428 e. The van der Waals surface area contributed by atoms with Crippen LogP contribution in [0.25, 0.3) is 0 Å². The van der Waals surface area contributed by atoms with Gasteiger partial charge in [-0.05, 0) is 19.9 Å². The van der Waals surface area contributed by atoms with Crippen LogP contribution in [-0.2, 0) is 11.2 Å². The summed E-state index contributed by atoms with van der Waals surface area (Å²) in [6, 6.07) is 9.24. The van der Waals surface area contributed by atoms with E-state index in [2.05, 4.69) is 0 Å². The molecule has 98 valence electrons. The highest BCUT2D eigenvalue weighted by molar-refractivity contribution is 7.12. The quantitative estimate of drug-likeness (QED) is 0.620. The summed E-state index contributed by atoms with van der Waals surface area (Å²) >= 11 is 1.48. The molecule has 3 nitrogen and oxygen atoms in total. The SMILES string of the molecule is Cc1ccc(C(=O)Cc2sc(C)cc2OC=O)cc1. The Hall–Kier alpha value is -1.94. The van der Waals surface area contributed by atoms with Gasteiger partial charge in [-0.3, -0.25) is 9.59 Å². The van der Waals surface area contributed by atoms with Crippen LogP contribution in [0.5, 0.6) is 5.75 Å². The van der Waals surface area contributed by atoms with Crippen LogP contribution in [0.2, 0.25) is 0 Å². The minimum absolute atomic E-state index is 0.0256. The number of Topliss-reactive ketones (excluding diaryl/α,β-unsaturated/α-hetero) is 1. The molecule has 0 unspecified atom stereocenters. The van der Waals surface area contributed by atoms with E-state index in [1.54, 1.807) is 6.07 Å². The fraction of sp³-hybridized carbons (Fsp3) is 0.200. The highest BCUT2D eigenvalue weighted by atomic mass is 32.1. The Labute approximate surface area is 115 Å². The average molecular weight is 274 g/mol. The van der Waals surface area contributed by atoms with E-state index in [1.165, 1.54) is 11.3 Å². The first kappa shape index (κ1) is 13.5. The third-order valence-electron chi connectivity index (χ3n) is 2.76. The Morgan fingerprint density at radius 1 is 1.26 bits per heavy atom. The topological polar surface area (TPSA) is 43.4 Å². The first-order chi connectivity index (χ1) is 9.10. The molecule has 0 radical (unpaired) electrons. The van der Waals surface area contributed by atoms with Gasteiger partial charge < -0.3 is 4.74 Å². The summed E-state index contributed by atoms with van der Waals surface area (Å²) in [6.45, 7) is 4.29. The Kier molecular flexibility index (Phi) is 4.12. The highest BCUT2D eigenvalue weighted by Gasteiger charge is 2.14. The van der Waals surface area contributed by atoms with Crippen molar-refractivity contribution in [3.05, 3.63) is 51.2 Å². The normalized spacial score (nSPS) is 10.2. The molecule has 0 saturated carbocycles. The van der Waals surface area contributed by atoms with Crippen LogP contribution in [0.15, 0.2) is 30.3 Å². The van der Waals surface area contributed by atoms with E-state index in [9.17, 15) is 9.59 Å². The van der Waals surface area contributed by atoms with Crippen LogP contribution in [-0.4, -0.2) is 12.3 Å². The van der Waals surface area contributed by atoms with E-state index >= 15 is 0 Å². The van der Waals surface area contributed by atoms with Crippen molar-refractivity contribution in [3.8, 4) is 5.75 Å². The van der Waals surface area contributed by atoms with Gasteiger partial charge in [-0.2, -0.15) is 0 Å². The second-order valence-electron chi connectivity index (χ2n) is 4.32. The zero-order valence-electron chi connectivity index (χ0n) is 10.8. The molecule has 1 aromatic carbocycles. The summed E-state index contributed by atoms with van der Waals surface area (Å²) in [5, 5.41) is 0. The van der Waals surface area contributed by atoms with Gasteiger partial charge in [0.2, 0.25) is 0 Å². The third kappa shape index (κ3) is 3.29. The lowest BCUT2D eigenvalue weighted by Gasteiger charge is -2.02. The number of rotatable bonds is 5. The smallest absolute Gasteiger partial charge is 0.298 e. The van der Waals surface area contributed by atoms with Gasteiger partial charge in [-0.15, -0.1) is 11.3 Å². The maximum absolute atomic E-state index is 12.2. The number of ether oxygens (including phenoxy) is 1. The van der Waals surface area contributed by atoms with Crippen molar-refractivity contribution in [2.75, 3.05) is 0 Å². The molecule has 1 aromatic heterocycles. The van der Waals surface area contributed by atoms with Gasteiger partial charge in [0.15, 0.2) is 5.78 Å². The van der Waals surface area contributed by atoms with Crippen molar-refractivity contribution in [2.24, 2.45) is 0 Å². The molecule has 0 fully saturated rings. The van der Waals surface area contributed by atoms with Crippen molar-refractivity contribution in [3.63, 3.8) is 0 Å². The first-order valence-corrected chi connectivity index (χ1v) is 6.71.